The molecule has 4 aliphatic heterocycles. The van der Waals surface area contributed by atoms with Gasteiger partial charge in [0.15, 0.2) is 35.3 Å². The minimum atomic E-state index is -4.66. The van der Waals surface area contributed by atoms with Gasteiger partial charge < -0.3 is 29.9 Å². The average Bonchev–Trinajstić information content (AvgIpc) is 2.77. The number of nitrogens with one attached hydrogen (secondary N) is 5. The SMILES string of the molecule is NNC(=O)c1ncc(C(F)(F)F)cc1N1CCOCC1.O=C(NNC(=O)c1ncc(C(F)(F)F)cc1N1CCOCC1)N[C@H]1N=C(c2ccccc2)c2ccccc2CC1=O.O=C1Cc2ccccc2C(c2ccccc2)=N[C@@H]1NC(=O)n1ccnc1. The number of fused-ring (bicyclic) bond motifs is 2. The number of urea groups is 1. The van der Waals surface area contributed by atoms with Gasteiger partial charge in [0.05, 0.1) is 60.4 Å². The van der Waals surface area contributed by atoms with E-state index in [4.69, 9.17) is 15.3 Å². The summed E-state index contributed by atoms with van der Waals surface area (Å²) in [7, 11) is 0. The van der Waals surface area contributed by atoms with Crippen molar-refractivity contribution in [3.05, 3.63) is 208 Å². The Bertz CT molecular complexity index is 3690. The van der Waals surface area contributed by atoms with Crippen LogP contribution in [0.25, 0.3) is 0 Å². The first-order valence-corrected chi connectivity index (χ1v) is 26.8. The normalized spacial score (nSPS) is 16.7. The van der Waals surface area contributed by atoms with Gasteiger partial charge in [-0.05, 0) is 23.3 Å². The van der Waals surface area contributed by atoms with E-state index in [0.717, 1.165) is 45.5 Å². The van der Waals surface area contributed by atoms with Gasteiger partial charge in [-0.15, -0.1) is 0 Å². The number of nitrogen functional groups attached to an aromatic ring is 1. The Balaban J connectivity index is 0.000000168. The van der Waals surface area contributed by atoms with E-state index >= 15 is 0 Å². The zero-order valence-corrected chi connectivity index (χ0v) is 45.8. The number of benzene rings is 4. The molecule has 450 valence electrons. The fourth-order valence-corrected chi connectivity index (χ4v) is 9.43. The van der Waals surface area contributed by atoms with E-state index < -0.39 is 59.7 Å². The smallest absolute Gasteiger partial charge is 0.378 e. The predicted molar refractivity (Wildman–Crippen MR) is 304 cm³/mol. The highest BCUT2D eigenvalue weighted by Crippen LogP contribution is 2.34. The van der Waals surface area contributed by atoms with Crippen molar-refractivity contribution in [1.82, 2.24) is 46.4 Å². The number of aliphatic imine (C=N–C) groups is 2. The number of amides is 5. The van der Waals surface area contributed by atoms with Crippen LogP contribution >= 0.6 is 0 Å². The summed E-state index contributed by atoms with van der Waals surface area (Å²) in [5.41, 5.74) is 10.0. The molecule has 2 saturated heterocycles. The number of nitrogens with zero attached hydrogens (tertiary/aromatic N) is 8. The molecule has 4 aliphatic rings. The van der Waals surface area contributed by atoms with Gasteiger partial charge in [-0.1, -0.05) is 109 Å². The molecule has 0 spiro atoms. The molecule has 28 heteroatoms. The zero-order valence-electron chi connectivity index (χ0n) is 45.8. The molecule has 11 rings (SSSR count). The van der Waals surface area contributed by atoms with Crippen LogP contribution in [0.5, 0.6) is 0 Å². The summed E-state index contributed by atoms with van der Waals surface area (Å²) in [6, 6.07) is 34.2. The number of imidazole rings is 1. The van der Waals surface area contributed by atoms with Crippen LogP contribution in [-0.4, -0.2) is 131 Å². The molecular formula is C59H54F6N14O8. The lowest BCUT2D eigenvalue weighted by molar-refractivity contribution is -0.138. The number of aromatic nitrogens is 4. The molecule has 0 saturated carbocycles. The highest BCUT2D eigenvalue weighted by molar-refractivity contribution is 6.17. The lowest BCUT2D eigenvalue weighted by Gasteiger charge is -2.30. The molecule has 7 heterocycles. The minimum absolute atomic E-state index is 0.0195. The number of nitrogens with two attached hydrogens (primary N) is 1. The van der Waals surface area contributed by atoms with Gasteiger partial charge in [-0.3, -0.25) is 44.6 Å². The van der Waals surface area contributed by atoms with E-state index in [1.807, 2.05) is 115 Å². The van der Waals surface area contributed by atoms with E-state index in [9.17, 15) is 55.1 Å². The molecule has 0 unspecified atom stereocenters. The number of alkyl halides is 6. The highest BCUT2D eigenvalue weighted by Gasteiger charge is 2.36. The monoisotopic (exact) mass is 1200 g/mol. The predicted octanol–water partition coefficient (Wildman–Crippen LogP) is 5.84. The molecular weight excluding hydrogens is 1150 g/mol. The summed E-state index contributed by atoms with van der Waals surface area (Å²) in [6.07, 6.45) is -5.58. The minimum Gasteiger partial charge on any atom is -0.378 e. The number of pyridine rings is 2. The van der Waals surface area contributed by atoms with Crippen molar-refractivity contribution in [2.45, 2.75) is 37.5 Å². The van der Waals surface area contributed by atoms with Crippen LogP contribution < -0.4 is 42.6 Å². The molecule has 22 nitrogen and oxygen atoms in total. The third-order valence-corrected chi connectivity index (χ3v) is 13.7. The molecule has 4 aromatic carbocycles. The third kappa shape index (κ3) is 15.4. The van der Waals surface area contributed by atoms with Crippen molar-refractivity contribution in [2.75, 3.05) is 62.4 Å². The molecule has 5 amide bonds. The molecule has 3 aromatic heterocycles. The van der Waals surface area contributed by atoms with E-state index in [0.29, 0.717) is 50.1 Å². The van der Waals surface area contributed by atoms with Crippen LogP contribution in [-0.2, 0) is 44.3 Å². The molecule has 7 aromatic rings. The number of carbonyl (C=O) groups excluding carboxylic acids is 6. The summed E-state index contributed by atoms with van der Waals surface area (Å²) in [5, 5.41) is 5.15. The Labute approximate surface area is 491 Å². The average molecular weight is 1200 g/mol. The summed E-state index contributed by atoms with van der Waals surface area (Å²) in [4.78, 5) is 98.9. The summed E-state index contributed by atoms with van der Waals surface area (Å²) in [5.74, 6) is 2.82. The van der Waals surface area contributed by atoms with Crippen LogP contribution in [0.3, 0.4) is 0 Å². The first kappa shape index (κ1) is 61.4. The van der Waals surface area contributed by atoms with Crippen LogP contribution in [0.15, 0.2) is 162 Å². The number of morpholine rings is 2. The number of hydrogen-bond acceptors (Lipinski definition) is 16. The standard InChI is InChI=1S/C28H25F3N6O4.C20H16N4O2.C11H13F3N4O2/c29-28(30,31)19-15-21(37-10-12-41-13-11-37)24(32-16-19)26(39)35-36-27(40)34-25-22(38)14-18-8-4-5-9-20(18)23(33-25)17-6-2-1-3-7-17;25-17-12-15-8-4-5-9-16(15)18(14-6-2-1-3-7-14)22-19(17)23-20(26)24-11-10-21-13-24;12-11(13,14)7-5-8(18-1-3-20-4-2-18)9(16-6-7)10(19)17-15/h1-9,15-16,25H,10-14H2,(H,35,39)(H2,34,36,40);1-11,13,19H,12H2,(H,23,26);5-6H,1-4,15H2,(H,17,19)/t25-;19-;/m11./s1. The number of carbonyl (C=O) groups is 6. The van der Waals surface area contributed by atoms with Crippen LogP contribution in [0.2, 0.25) is 0 Å². The fraction of sp³-hybridized carbons (Fsp3) is 0.237. The quantitative estimate of drug-likeness (QED) is 0.0452. The van der Waals surface area contributed by atoms with Gasteiger partial charge in [0, 0.05) is 86.1 Å². The summed E-state index contributed by atoms with van der Waals surface area (Å²) >= 11 is 0. The van der Waals surface area contributed by atoms with Gasteiger partial charge in [0.25, 0.3) is 11.8 Å². The Morgan fingerprint density at radius 3 is 1.44 bits per heavy atom. The molecule has 0 bridgehead atoms. The van der Waals surface area contributed by atoms with Gasteiger partial charge in [-0.2, -0.15) is 26.3 Å². The van der Waals surface area contributed by atoms with Crippen molar-refractivity contribution in [3.8, 4) is 0 Å². The molecule has 0 radical (unpaired) electrons. The Morgan fingerprint density at radius 2 is 1.00 bits per heavy atom. The molecule has 87 heavy (non-hydrogen) atoms. The number of hydrazine groups is 2. The molecule has 2 atom stereocenters. The maximum absolute atomic E-state index is 13.3. The number of ketones is 2. The number of anilines is 2. The van der Waals surface area contributed by atoms with Gasteiger partial charge in [0.2, 0.25) is 0 Å². The van der Waals surface area contributed by atoms with Crippen molar-refractivity contribution < 1.29 is 64.6 Å². The highest BCUT2D eigenvalue weighted by atomic mass is 19.4. The lowest BCUT2D eigenvalue weighted by Crippen LogP contribution is -2.52. The first-order chi connectivity index (χ1) is 41.9. The second-order valence-electron chi connectivity index (χ2n) is 19.4. The second kappa shape index (κ2) is 27.7. The summed E-state index contributed by atoms with van der Waals surface area (Å²) < 4.78 is 89.9. The van der Waals surface area contributed by atoms with Crippen molar-refractivity contribution in [2.24, 2.45) is 15.8 Å². The fourth-order valence-electron chi connectivity index (χ4n) is 9.43. The van der Waals surface area contributed by atoms with Crippen molar-refractivity contribution in [1.29, 1.82) is 0 Å². The van der Waals surface area contributed by atoms with Crippen LogP contribution in [0, 0.1) is 0 Å². The number of halogens is 6. The van der Waals surface area contributed by atoms with Crippen molar-refractivity contribution >= 4 is 58.2 Å². The van der Waals surface area contributed by atoms with Gasteiger partial charge in [0.1, 0.15) is 6.33 Å². The summed E-state index contributed by atoms with van der Waals surface area (Å²) in [6.45, 7) is 2.56. The van der Waals surface area contributed by atoms with E-state index in [-0.39, 0.29) is 73.5 Å². The third-order valence-electron chi connectivity index (χ3n) is 13.7. The van der Waals surface area contributed by atoms with Gasteiger partial charge in [-0.25, -0.2) is 35.8 Å². The maximum Gasteiger partial charge on any atom is 0.417 e. The lowest BCUT2D eigenvalue weighted by atomic mass is 9.96. The Hall–Kier alpha value is -10.2. The number of rotatable bonds is 8. The zero-order chi connectivity index (χ0) is 61.7. The molecule has 0 aliphatic carbocycles. The van der Waals surface area contributed by atoms with E-state index in [2.05, 4.69) is 46.4 Å². The van der Waals surface area contributed by atoms with Crippen LogP contribution in [0.4, 0.5) is 47.3 Å². The van der Waals surface area contributed by atoms with E-state index in [1.54, 1.807) is 9.80 Å². The molecule has 7 N–H and O–H groups in total. The van der Waals surface area contributed by atoms with Crippen molar-refractivity contribution in [3.63, 3.8) is 0 Å². The number of Topliss-reactive ketones (excluding diaryl/α,β-unsaturated/α-hetero) is 2. The van der Waals surface area contributed by atoms with E-state index in [1.165, 1.54) is 23.3 Å². The Kier molecular flexibility index (Phi) is 19.5. The molecule has 2 fully saturated rings. The second-order valence-corrected chi connectivity index (χ2v) is 19.4. The van der Waals surface area contributed by atoms with Crippen LogP contribution in [0.1, 0.15) is 65.5 Å². The maximum atomic E-state index is 13.3. The first-order valence-electron chi connectivity index (χ1n) is 26.8. The topological polar surface area (TPSA) is 282 Å². The van der Waals surface area contributed by atoms with Gasteiger partial charge >= 0.3 is 24.4 Å². The number of ether oxygens (including phenoxy) is 2. The number of hydrogen-bond donors (Lipinski definition) is 6. The largest absolute Gasteiger partial charge is 0.417 e. The Morgan fingerprint density at radius 1 is 0.563 bits per heavy atom.